The van der Waals surface area contributed by atoms with E-state index < -0.39 is 0 Å². The molecule has 0 N–H and O–H groups in total. The average molecular weight is 563 g/mol. The van der Waals surface area contributed by atoms with Crippen molar-refractivity contribution >= 4 is 32.6 Å². The Morgan fingerprint density at radius 2 is 1.20 bits per heavy atom. The molecule has 1 aliphatic rings. The van der Waals surface area contributed by atoms with Gasteiger partial charge in [0.2, 0.25) is 0 Å². The highest BCUT2D eigenvalue weighted by Gasteiger charge is 2.35. The molecule has 6 aromatic carbocycles. The van der Waals surface area contributed by atoms with Crippen LogP contribution >= 0.6 is 0 Å². The van der Waals surface area contributed by atoms with Gasteiger partial charge in [0, 0.05) is 27.3 Å². The molecule has 2 aromatic heterocycles. The number of hydrogen-bond donors (Lipinski definition) is 0. The molecule has 0 saturated heterocycles. The highest BCUT2D eigenvalue weighted by molar-refractivity contribution is 6.24. The maximum atomic E-state index is 5.37. The Balaban J connectivity index is 1.45. The number of pyridine rings is 1. The molecule has 0 fully saturated rings. The van der Waals surface area contributed by atoms with Gasteiger partial charge in [-0.3, -0.25) is 4.57 Å². The summed E-state index contributed by atoms with van der Waals surface area (Å²) in [6.45, 7) is 4.72. The highest BCUT2D eigenvalue weighted by Crippen LogP contribution is 2.52. The number of benzene rings is 6. The van der Waals surface area contributed by atoms with Crippen LogP contribution in [0.4, 0.5) is 0 Å². The van der Waals surface area contributed by atoms with Crippen molar-refractivity contribution in [2.45, 2.75) is 19.3 Å². The SMILES string of the molecule is CC1(C)c2ccccc2-c2c3c1cccc3cc1c2c2ccccc2n1-c1cc(-c2ccccc2)cc(-c2ccccc2)n1. The van der Waals surface area contributed by atoms with Crippen LogP contribution in [-0.2, 0) is 5.41 Å². The Bertz CT molecular complexity index is 2340. The van der Waals surface area contributed by atoms with Crippen LogP contribution in [0.15, 0.2) is 146 Å². The lowest BCUT2D eigenvalue weighted by Crippen LogP contribution is -2.23. The minimum Gasteiger partial charge on any atom is -0.294 e. The van der Waals surface area contributed by atoms with Gasteiger partial charge >= 0.3 is 0 Å². The van der Waals surface area contributed by atoms with Gasteiger partial charge < -0.3 is 0 Å². The van der Waals surface area contributed by atoms with Gasteiger partial charge in [-0.05, 0) is 62.9 Å². The van der Waals surface area contributed by atoms with Crippen LogP contribution in [-0.4, -0.2) is 9.55 Å². The molecular weight excluding hydrogens is 532 g/mol. The molecule has 2 heterocycles. The first-order valence-corrected chi connectivity index (χ1v) is 15.3. The van der Waals surface area contributed by atoms with Gasteiger partial charge in [0.25, 0.3) is 0 Å². The van der Waals surface area contributed by atoms with Gasteiger partial charge in [0.15, 0.2) is 0 Å². The lowest BCUT2D eigenvalue weighted by atomic mass is 9.68. The molecular formula is C42H30N2. The second-order valence-corrected chi connectivity index (χ2v) is 12.4. The minimum atomic E-state index is -0.0920. The molecule has 2 nitrogen and oxygen atoms in total. The van der Waals surface area contributed by atoms with Gasteiger partial charge in [-0.1, -0.05) is 135 Å². The molecule has 0 aliphatic heterocycles. The third-order valence-electron chi connectivity index (χ3n) is 9.56. The molecule has 44 heavy (non-hydrogen) atoms. The van der Waals surface area contributed by atoms with Gasteiger partial charge in [-0.15, -0.1) is 0 Å². The molecule has 2 heteroatoms. The monoisotopic (exact) mass is 562 g/mol. The first-order chi connectivity index (χ1) is 21.6. The molecule has 0 radical (unpaired) electrons. The van der Waals surface area contributed by atoms with Crippen LogP contribution in [0.1, 0.15) is 25.0 Å². The van der Waals surface area contributed by atoms with Crippen molar-refractivity contribution in [3.63, 3.8) is 0 Å². The number of rotatable bonds is 3. The summed E-state index contributed by atoms with van der Waals surface area (Å²) in [6, 6.07) is 52.6. The van der Waals surface area contributed by atoms with Crippen molar-refractivity contribution in [2.75, 3.05) is 0 Å². The molecule has 8 aromatic rings. The Kier molecular flexibility index (Phi) is 5.28. The molecule has 0 atom stereocenters. The van der Waals surface area contributed by atoms with E-state index in [1.807, 2.05) is 0 Å². The van der Waals surface area contributed by atoms with Crippen molar-refractivity contribution in [1.29, 1.82) is 0 Å². The Morgan fingerprint density at radius 1 is 0.523 bits per heavy atom. The third-order valence-corrected chi connectivity index (χ3v) is 9.56. The van der Waals surface area contributed by atoms with Crippen molar-refractivity contribution in [1.82, 2.24) is 9.55 Å². The van der Waals surface area contributed by atoms with Crippen LogP contribution in [0.3, 0.4) is 0 Å². The number of aromatic nitrogens is 2. The molecule has 0 unspecified atom stereocenters. The summed E-state index contributed by atoms with van der Waals surface area (Å²) in [5.41, 5.74) is 12.1. The number of fused-ring (bicyclic) bond motifs is 6. The molecule has 0 spiro atoms. The van der Waals surface area contributed by atoms with E-state index in [0.717, 1.165) is 28.2 Å². The van der Waals surface area contributed by atoms with Crippen molar-refractivity contribution < 1.29 is 0 Å². The molecule has 9 rings (SSSR count). The normalized spacial score (nSPS) is 13.4. The lowest BCUT2D eigenvalue weighted by Gasteiger charge is -2.35. The smallest absolute Gasteiger partial charge is 0.138 e. The van der Waals surface area contributed by atoms with Crippen LogP contribution < -0.4 is 0 Å². The molecule has 0 bridgehead atoms. The summed E-state index contributed by atoms with van der Waals surface area (Å²) in [6.07, 6.45) is 0. The van der Waals surface area contributed by atoms with E-state index in [-0.39, 0.29) is 5.41 Å². The standard InChI is InChI=1S/C42H30N2/c1-42(2)33-21-11-9-19-31(33)41-39-29(18-13-22-34(39)42)25-37-40(41)32-20-10-12-23-36(32)44(37)38-26-30(27-14-5-3-6-15-27)24-35(43-38)28-16-7-4-8-17-28/h3-26H,1-2H3. The molecule has 0 amide bonds. The van der Waals surface area contributed by atoms with E-state index in [1.165, 1.54) is 54.9 Å². The van der Waals surface area contributed by atoms with Crippen molar-refractivity contribution in [2.24, 2.45) is 0 Å². The van der Waals surface area contributed by atoms with Crippen LogP contribution in [0, 0.1) is 0 Å². The van der Waals surface area contributed by atoms with E-state index in [1.54, 1.807) is 0 Å². The number of para-hydroxylation sites is 1. The Labute approximate surface area is 256 Å². The van der Waals surface area contributed by atoms with Crippen LogP contribution in [0.5, 0.6) is 0 Å². The number of hydrogen-bond acceptors (Lipinski definition) is 1. The zero-order valence-electron chi connectivity index (χ0n) is 24.8. The largest absolute Gasteiger partial charge is 0.294 e. The van der Waals surface area contributed by atoms with Crippen LogP contribution in [0.2, 0.25) is 0 Å². The summed E-state index contributed by atoms with van der Waals surface area (Å²) >= 11 is 0. The zero-order valence-corrected chi connectivity index (χ0v) is 24.8. The summed E-state index contributed by atoms with van der Waals surface area (Å²) in [5, 5.41) is 5.16. The van der Waals surface area contributed by atoms with E-state index in [2.05, 4.69) is 164 Å². The van der Waals surface area contributed by atoms with E-state index in [0.29, 0.717) is 0 Å². The Morgan fingerprint density at radius 3 is 2.02 bits per heavy atom. The molecule has 0 saturated carbocycles. The minimum absolute atomic E-state index is 0.0920. The fourth-order valence-corrected chi connectivity index (χ4v) is 7.51. The predicted molar refractivity (Wildman–Crippen MR) is 185 cm³/mol. The fourth-order valence-electron chi connectivity index (χ4n) is 7.51. The topological polar surface area (TPSA) is 17.8 Å². The fraction of sp³-hybridized carbons (Fsp3) is 0.0714. The van der Waals surface area contributed by atoms with Crippen LogP contribution in [0.25, 0.3) is 71.9 Å². The highest BCUT2D eigenvalue weighted by atomic mass is 15.1. The summed E-state index contributed by atoms with van der Waals surface area (Å²) in [7, 11) is 0. The van der Waals surface area contributed by atoms with E-state index in [4.69, 9.17) is 4.98 Å². The lowest BCUT2D eigenvalue weighted by molar-refractivity contribution is 0.645. The number of nitrogens with zero attached hydrogens (tertiary/aromatic N) is 2. The second kappa shape index (κ2) is 9.26. The van der Waals surface area contributed by atoms with Gasteiger partial charge in [0.05, 0.1) is 16.7 Å². The summed E-state index contributed by atoms with van der Waals surface area (Å²) < 4.78 is 2.38. The van der Waals surface area contributed by atoms with E-state index in [9.17, 15) is 0 Å². The average Bonchev–Trinajstić information content (AvgIpc) is 3.41. The molecule has 208 valence electrons. The van der Waals surface area contributed by atoms with Gasteiger partial charge in [-0.2, -0.15) is 0 Å². The predicted octanol–water partition coefficient (Wildman–Crippen LogP) is 11.0. The zero-order chi connectivity index (χ0) is 29.4. The summed E-state index contributed by atoms with van der Waals surface area (Å²) in [4.78, 5) is 5.37. The van der Waals surface area contributed by atoms with Gasteiger partial charge in [-0.25, -0.2) is 4.98 Å². The van der Waals surface area contributed by atoms with Crippen molar-refractivity contribution in [3.8, 4) is 39.3 Å². The first-order valence-electron chi connectivity index (χ1n) is 15.3. The Hall–Kier alpha value is -5.47. The van der Waals surface area contributed by atoms with E-state index >= 15 is 0 Å². The second-order valence-electron chi connectivity index (χ2n) is 12.4. The summed E-state index contributed by atoms with van der Waals surface area (Å²) in [5.74, 6) is 0.920. The maximum absolute atomic E-state index is 5.37. The molecule has 1 aliphatic carbocycles. The maximum Gasteiger partial charge on any atom is 0.138 e. The quantitative estimate of drug-likeness (QED) is 0.209. The van der Waals surface area contributed by atoms with Gasteiger partial charge in [0.1, 0.15) is 5.82 Å². The first kappa shape index (κ1) is 25.1. The third kappa shape index (κ3) is 3.52. The van der Waals surface area contributed by atoms with Crippen molar-refractivity contribution in [3.05, 3.63) is 157 Å².